The third-order valence-corrected chi connectivity index (χ3v) is 9.88. The Morgan fingerprint density at radius 2 is 0.804 bits per heavy atom. The standard InChI is InChI=1S/C48H31NO2/c1-3-12-32(13-4-1)33-22-24-34(25-23-33)35-26-28-37(29-27-35)49(44-19-11-18-41-39-16-7-9-20-45(39)51-48(41)44)38-30-42(36-14-5-2-6-15-36)47-43(31-38)40-17-8-10-21-46(40)50-47/h1-31H. The first-order chi connectivity index (χ1) is 25.3. The fraction of sp³-hybridized carbons (Fsp3) is 0. The van der Waals surface area contributed by atoms with E-state index in [1.165, 1.54) is 16.7 Å². The zero-order valence-corrected chi connectivity index (χ0v) is 27.7. The first kappa shape index (κ1) is 29.1. The largest absolute Gasteiger partial charge is 0.455 e. The predicted octanol–water partition coefficient (Wildman–Crippen LogP) is 14.0. The molecule has 0 saturated carbocycles. The smallest absolute Gasteiger partial charge is 0.159 e. The van der Waals surface area contributed by atoms with E-state index in [9.17, 15) is 0 Å². The van der Waals surface area contributed by atoms with Gasteiger partial charge >= 0.3 is 0 Å². The molecular weight excluding hydrogens is 623 g/mol. The lowest BCUT2D eigenvalue weighted by atomic mass is 9.99. The van der Waals surface area contributed by atoms with Crippen LogP contribution in [-0.2, 0) is 0 Å². The lowest BCUT2D eigenvalue weighted by Crippen LogP contribution is -2.10. The van der Waals surface area contributed by atoms with Crippen LogP contribution in [0.3, 0.4) is 0 Å². The average Bonchev–Trinajstić information content (AvgIpc) is 3.78. The lowest BCUT2D eigenvalue weighted by Gasteiger charge is -2.26. The first-order valence-corrected chi connectivity index (χ1v) is 17.3. The Hall–Kier alpha value is -6.84. The second kappa shape index (κ2) is 11.9. The van der Waals surface area contributed by atoms with Crippen molar-refractivity contribution in [2.45, 2.75) is 0 Å². The number of anilines is 3. The maximum atomic E-state index is 6.65. The SMILES string of the molecule is c1ccc(-c2ccc(-c3ccc(N(c4cc(-c5ccccc5)c5oc6ccccc6c5c4)c4cccc5c4oc4ccccc45)cc3)cc2)cc1. The van der Waals surface area contributed by atoms with Gasteiger partial charge in [0.1, 0.15) is 16.7 Å². The van der Waals surface area contributed by atoms with Gasteiger partial charge < -0.3 is 13.7 Å². The molecule has 3 nitrogen and oxygen atoms in total. The van der Waals surface area contributed by atoms with Crippen LogP contribution in [0, 0.1) is 0 Å². The number of nitrogens with zero attached hydrogens (tertiary/aromatic N) is 1. The van der Waals surface area contributed by atoms with Crippen LogP contribution in [0.1, 0.15) is 0 Å². The van der Waals surface area contributed by atoms with E-state index in [-0.39, 0.29) is 0 Å². The zero-order chi connectivity index (χ0) is 33.7. The monoisotopic (exact) mass is 653 g/mol. The Morgan fingerprint density at radius 3 is 1.45 bits per heavy atom. The maximum absolute atomic E-state index is 6.65. The number of benzene rings is 8. The van der Waals surface area contributed by atoms with Gasteiger partial charge in [0.25, 0.3) is 0 Å². The van der Waals surface area contributed by atoms with E-state index in [0.717, 1.165) is 77.6 Å². The molecule has 0 saturated heterocycles. The summed E-state index contributed by atoms with van der Waals surface area (Å²) in [4.78, 5) is 2.32. The minimum atomic E-state index is 0.845. The van der Waals surface area contributed by atoms with Crippen molar-refractivity contribution in [3.05, 3.63) is 188 Å². The maximum Gasteiger partial charge on any atom is 0.159 e. The fourth-order valence-corrected chi connectivity index (χ4v) is 7.40. The fourth-order valence-electron chi connectivity index (χ4n) is 7.40. The van der Waals surface area contributed by atoms with E-state index in [2.05, 4.69) is 169 Å². The number of para-hydroxylation sites is 3. The molecule has 0 radical (unpaired) electrons. The molecule has 0 aliphatic carbocycles. The van der Waals surface area contributed by atoms with Gasteiger partial charge in [-0.1, -0.05) is 146 Å². The summed E-state index contributed by atoms with van der Waals surface area (Å²) in [6, 6.07) is 66.1. The third kappa shape index (κ3) is 4.98. The number of fused-ring (bicyclic) bond motifs is 6. The molecule has 2 aromatic heterocycles. The van der Waals surface area contributed by atoms with Crippen molar-refractivity contribution in [3.63, 3.8) is 0 Å². The number of hydrogen-bond acceptors (Lipinski definition) is 3. The van der Waals surface area contributed by atoms with Gasteiger partial charge in [-0.3, -0.25) is 0 Å². The van der Waals surface area contributed by atoms with Gasteiger partial charge in [-0.2, -0.15) is 0 Å². The van der Waals surface area contributed by atoms with Crippen LogP contribution in [0.5, 0.6) is 0 Å². The van der Waals surface area contributed by atoms with E-state index in [1.807, 2.05) is 24.3 Å². The Kier molecular flexibility index (Phi) is 6.81. The van der Waals surface area contributed by atoms with Crippen LogP contribution in [0.4, 0.5) is 17.1 Å². The number of hydrogen-bond donors (Lipinski definition) is 0. The molecule has 3 heteroatoms. The van der Waals surface area contributed by atoms with Crippen LogP contribution in [0.15, 0.2) is 197 Å². The predicted molar refractivity (Wildman–Crippen MR) is 212 cm³/mol. The van der Waals surface area contributed by atoms with Crippen LogP contribution >= 0.6 is 0 Å². The summed E-state index contributed by atoms with van der Waals surface area (Å²) >= 11 is 0. The number of furan rings is 2. The molecule has 0 N–H and O–H groups in total. The lowest BCUT2D eigenvalue weighted by molar-refractivity contribution is 0.669. The van der Waals surface area contributed by atoms with E-state index in [0.29, 0.717) is 0 Å². The van der Waals surface area contributed by atoms with E-state index < -0.39 is 0 Å². The Labute approximate surface area is 295 Å². The molecule has 0 atom stereocenters. The quantitative estimate of drug-likeness (QED) is 0.179. The van der Waals surface area contributed by atoms with Crippen molar-refractivity contribution in [2.24, 2.45) is 0 Å². The molecule has 2 heterocycles. The first-order valence-electron chi connectivity index (χ1n) is 17.3. The molecule has 0 aliphatic rings. The van der Waals surface area contributed by atoms with Crippen molar-refractivity contribution in [1.82, 2.24) is 0 Å². The van der Waals surface area contributed by atoms with Gasteiger partial charge in [0.05, 0.1) is 5.69 Å². The summed E-state index contributed by atoms with van der Waals surface area (Å²) in [5, 5.41) is 4.34. The molecule has 51 heavy (non-hydrogen) atoms. The molecule has 0 amide bonds. The second-order valence-corrected chi connectivity index (χ2v) is 12.9. The second-order valence-electron chi connectivity index (χ2n) is 12.9. The van der Waals surface area contributed by atoms with E-state index in [1.54, 1.807) is 0 Å². The highest BCUT2D eigenvalue weighted by atomic mass is 16.3. The van der Waals surface area contributed by atoms with Crippen molar-refractivity contribution >= 4 is 60.9 Å². The minimum Gasteiger partial charge on any atom is -0.455 e. The van der Waals surface area contributed by atoms with Gasteiger partial charge in [0.2, 0.25) is 0 Å². The summed E-state index contributed by atoms with van der Waals surface area (Å²) in [6.07, 6.45) is 0. The van der Waals surface area contributed by atoms with Gasteiger partial charge in [-0.15, -0.1) is 0 Å². The molecular formula is C48H31NO2. The van der Waals surface area contributed by atoms with Crippen molar-refractivity contribution in [1.29, 1.82) is 0 Å². The summed E-state index contributed by atoms with van der Waals surface area (Å²) in [6.45, 7) is 0. The molecule has 10 rings (SSSR count). The average molecular weight is 654 g/mol. The van der Waals surface area contributed by atoms with Gasteiger partial charge in [0, 0.05) is 38.5 Å². The highest BCUT2D eigenvalue weighted by Crippen LogP contribution is 2.46. The molecule has 240 valence electrons. The van der Waals surface area contributed by atoms with Gasteiger partial charge in [-0.25, -0.2) is 0 Å². The Morgan fingerprint density at radius 1 is 0.314 bits per heavy atom. The van der Waals surface area contributed by atoms with Gasteiger partial charge in [-0.05, 0) is 70.3 Å². The van der Waals surface area contributed by atoms with Crippen LogP contribution < -0.4 is 4.90 Å². The van der Waals surface area contributed by atoms with Gasteiger partial charge in [0.15, 0.2) is 5.58 Å². The molecule has 0 aliphatic heterocycles. The van der Waals surface area contributed by atoms with E-state index >= 15 is 0 Å². The zero-order valence-electron chi connectivity index (χ0n) is 27.7. The normalized spacial score (nSPS) is 11.5. The Balaban J connectivity index is 1.18. The van der Waals surface area contributed by atoms with E-state index in [4.69, 9.17) is 8.83 Å². The highest BCUT2D eigenvalue weighted by molar-refractivity contribution is 6.13. The van der Waals surface area contributed by atoms with Crippen molar-refractivity contribution in [3.8, 4) is 33.4 Å². The van der Waals surface area contributed by atoms with Crippen LogP contribution in [-0.4, -0.2) is 0 Å². The molecule has 0 spiro atoms. The minimum absolute atomic E-state index is 0.845. The molecule has 10 aromatic rings. The summed E-state index contributed by atoms with van der Waals surface area (Å²) in [7, 11) is 0. The topological polar surface area (TPSA) is 29.5 Å². The summed E-state index contributed by atoms with van der Waals surface area (Å²) in [5.41, 5.74) is 13.4. The van der Waals surface area contributed by atoms with Crippen molar-refractivity contribution in [2.75, 3.05) is 4.90 Å². The third-order valence-electron chi connectivity index (χ3n) is 9.88. The molecule has 0 fully saturated rings. The summed E-state index contributed by atoms with van der Waals surface area (Å²) in [5.74, 6) is 0. The Bertz CT molecular complexity index is 2830. The highest BCUT2D eigenvalue weighted by Gasteiger charge is 2.23. The van der Waals surface area contributed by atoms with Crippen LogP contribution in [0.25, 0.3) is 77.3 Å². The molecule has 0 bridgehead atoms. The van der Waals surface area contributed by atoms with Crippen LogP contribution in [0.2, 0.25) is 0 Å². The number of rotatable bonds is 6. The summed E-state index contributed by atoms with van der Waals surface area (Å²) < 4.78 is 13.2. The van der Waals surface area contributed by atoms with Crippen molar-refractivity contribution < 1.29 is 8.83 Å². The molecule has 8 aromatic carbocycles. The molecule has 0 unspecified atom stereocenters.